The lowest BCUT2D eigenvalue weighted by Crippen LogP contribution is -2.25. The number of aromatic nitrogens is 3. The molecule has 14 heteroatoms. The van der Waals surface area contributed by atoms with Crippen molar-refractivity contribution in [1.29, 1.82) is 0 Å². The fourth-order valence-electron chi connectivity index (χ4n) is 3.52. The zero-order valence-electron chi connectivity index (χ0n) is 19.7. The Labute approximate surface area is 219 Å². The van der Waals surface area contributed by atoms with E-state index in [2.05, 4.69) is 14.9 Å². The third-order valence-electron chi connectivity index (χ3n) is 5.36. The molecule has 0 bridgehead atoms. The van der Waals surface area contributed by atoms with Crippen LogP contribution in [-0.4, -0.2) is 28.1 Å². The topological polar surface area (TPSA) is 120 Å². The van der Waals surface area contributed by atoms with E-state index in [1.165, 1.54) is 36.0 Å². The minimum Gasteiger partial charge on any atom is -0.273 e. The molecule has 38 heavy (non-hydrogen) atoms. The standard InChI is InChI=1S/C24H20F3N5O4S2/c1-16-4-2-5-17(12-16)15-37-23-30-29-22(31(23)19-8-10-20(11-9-19)32(33)34)14-28-38(35,36)21-7-3-6-18(13-21)24(25,26)27/h2-13,28H,14-15H2,1H3. The zero-order chi connectivity index (χ0) is 27.5. The third-order valence-corrected chi connectivity index (χ3v) is 7.76. The first-order valence-corrected chi connectivity index (χ1v) is 13.5. The van der Waals surface area contributed by atoms with Crippen LogP contribution in [0, 0.1) is 17.0 Å². The number of thioether (sulfide) groups is 1. The van der Waals surface area contributed by atoms with E-state index in [1.807, 2.05) is 31.2 Å². The van der Waals surface area contributed by atoms with Crippen LogP contribution in [0.3, 0.4) is 0 Å². The Morgan fingerprint density at radius 1 is 1.03 bits per heavy atom. The third kappa shape index (κ3) is 6.38. The summed E-state index contributed by atoms with van der Waals surface area (Å²) in [6.45, 7) is 1.57. The number of nitrogens with one attached hydrogen (secondary N) is 1. The Morgan fingerprint density at radius 2 is 1.74 bits per heavy atom. The summed E-state index contributed by atoms with van der Waals surface area (Å²) in [5.74, 6) is 0.657. The molecule has 0 fully saturated rings. The maximum Gasteiger partial charge on any atom is 0.416 e. The number of nitrogens with zero attached hydrogens (tertiary/aromatic N) is 4. The van der Waals surface area contributed by atoms with E-state index >= 15 is 0 Å². The number of nitro benzene ring substituents is 1. The zero-order valence-corrected chi connectivity index (χ0v) is 21.3. The average Bonchev–Trinajstić information content (AvgIpc) is 3.29. The van der Waals surface area contributed by atoms with Crippen LogP contribution < -0.4 is 4.72 Å². The molecule has 9 nitrogen and oxygen atoms in total. The van der Waals surface area contributed by atoms with E-state index in [0.29, 0.717) is 22.7 Å². The van der Waals surface area contributed by atoms with E-state index in [9.17, 15) is 31.7 Å². The molecule has 0 saturated heterocycles. The number of halogens is 3. The van der Waals surface area contributed by atoms with Gasteiger partial charge in [-0.25, -0.2) is 13.1 Å². The Hall–Kier alpha value is -3.75. The first kappa shape index (κ1) is 27.3. The van der Waals surface area contributed by atoms with Crippen LogP contribution in [0.15, 0.2) is 82.8 Å². The fourth-order valence-corrected chi connectivity index (χ4v) is 5.46. The van der Waals surface area contributed by atoms with Crippen LogP contribution in [0.5, 0.6) is 0 Å². The van der Waals surface area contributed by atoms with Crippen molar-refractivity contribution in [3.63, 3.8) is 0 Å². The lowest BCUT2D eigenvalue weighted by Gasteiger charge is -2.12. The van der Waals surface area contributed by atoms with Crippen LogP contribution in [-0.2, 0) is 28.5 Å². The van der Waals surface area contributed by atoms with Gasteiger partial charge in [-0.2, -0.15) is 13.2 Å². The van der Waals surface area contributed by atoms with Gasteiger partial charge >= 0.3 is 6.18 Å². The maximum atomic E-state index is 13.1. The van der Waals surface area contributed by atoms with Gasteiger partial charge in [0.1, 0.15) is 0 Å². The number of hydrogen-bond donors (Lipinski definition) is 1. The minimum atomic E-state index is -4.70. The van der Waals surface area contributed by atoms with Crippen molar-refractivity contribution in [3.05, 3.63) is 105 Å². The van der Waals surface area contributed by atoms with Crippen molar-refractivity contribution < 1.29 is 26.5 Å². The summed E-state index contributed by atoms with van der Waals surface area (Å²) in [4.78, 5) is 9.97. The Morgan fingerprint density at radius 3 is 2.39 bits per heavy atom. The van der Waals surface area contributed by atoms with Gasteiger partial charge in [0.15, 0.2) is 11.0 Å². The highest BCUT2D eigenvalue weighted by Crippen LogP contribution is 2.31. The van der Waals surface area contributed by atoms with E-state index < -0.39 is 38.1 Å². The Kier molecular flexibility index (Phi) is 7.85. The largest absolute Gasteiger partial charge is 0.416 e. The second-order valence-corrected chi connectivity index (χ2v) is 10.8. The molecular weight excluding hydrogens is 543 g/mol. The molecule has 1 N–H and O–H groups in total. The summed E-state index contributed by atoms with van der Waals surface area (Å²) in [5, 5.41) is 19.7. The van der Waals surface area contributed by atoms with Crippen molar-refractivity contribution in [3.8, 4) is 5.69 Å². The van der Waals surface area contributed by atoms with Crippen molar-refractivity contribution in [2.45, 2.75) is 35.4 Å². The number of rotatable bonds is 9. The highest BCUT2D eigenvalue weighted by atomic mass is 32.2. The van der Waals surface area contributed by atoms with Gasteiger partial charge in [0.25, 0.3) is 5.69 Å². The molecule has 0 amide bonds. The summed E-state index contributed by atoms with van der Waals surface area (Å²) in [6.07, 6.45) is -4.70. The summed E-state index contributed by atoms with van der Waals surface area (Å²) < 4.78 is 68.6. The van der Waals surface area contributed by atoms with E-state index in [4.69, 9.17) is 0 Å². The van der Waals surface area contributed by atoms with Gasteiger partial charge in [-0.3, -0.25) is 14.7 Å². The molecule has 0 aliphatic carbocycles. The normalized spacial score (nSPS) is 12.0. The molecule has 4 rings (SSSR count). The molecule has 0 radical (unpaired) electrons. The predicted octanol–water partition coefficient (Wildman–Crippen LogP) is 5.27. The molecule has 0 unspecified atom stereocenters. The Bertz CT molecular complexity index is 1570. The van der Waals surface area contributed by atoms with E-state index in [1.54, 1.807) is 4.57 Å². The lowest BCUT2D eigenvalue weighted by molar-refractivity contribution is -0.384. The minimum absolute atomic E-state index is 0.136. The number of benzene rings is 3. The summed E-state index contributed by atoms with van der Waals surface area (Å²) in [6, 6.07) is 16.8. The van der Waals surface area contributed by atoms with Crippen LogP contribution >= 0.6 is 11.8 Å². The monoisotopic (exact) mass is 563 g/mol. The van der Waals surface area contributed by atoms with Crippen molar-refractivity contribution in [1.82, 2.24) is 19.5 Å². The molecule has 3 aromatic carbocycles. The number of nitro groups is 1. The lowest BCUT2D eigenvalue weighted by atomic mass is 10.2. The smallest absolute Gasteiger partial charge is 0.273 e. The average molecular weight is 564 g/mol. The molecule has 1 aromatic heterocycles. The predicted molar refractivity (Wildman–Crippen MR) is 134 cm³/mol. The number of hydrogen-bond acceptors (Lipinski definition) is 7. The summed E-state index contributed by atoms with van der Waals surface area (Å²) in [5.41, 5.74) is 1.30. The molecular formula is C24H20F3N5O4S2. The van der Waals surface area contributed by atoms with Gasteiger partial charge in [0, 0.05) is 23.6 Å². The number of sulfonamides is 1. The van der Waals surface area contributed by atoms with Gasteiger partial charge in [-0.15, -0.1) is 10.2 Å². The highest BCUT2D eigenvalue weighted by Gasteiger charge is 2.31. The van der Waals surface area contributed by atoms with Gasteiger partial charge in [0.2, 0.25) is 10.0 Å². The second-order valence-electron chi connectivity index (χ2n) is 8.14. The fraction of sp³-hybridized carbons (Fsp3) is 0.167. The molecule has 198 valence electrons. The molecule has 0 aliphatic heterocycles. The van der Waals surface area contributed by atoms with Gasteiger partial charge in [-0.05, 0) is 42.8 Å². The first-order valence-electron chi connectivity index (χ1n) is 11.0. The van der Waals surface area contributed by atoms with Gasteiger partial charge < -0.3 is 0 Å². The number of alkyl halides is 3. The SMILES string of the molecule is Cc1cccc(CSc2nnc(CNS(=O)(=O)c3cccc(C(F)(F)F)c3)n2-c2ccc([N+](=O)[O-])cc2)c1. The van der Waals surface area contributed by atoms with Crippen LogP contribution in [0.4, 0.5) is 18.9 Å². The van der Waals surface area contributed by atoms with Crippen LogP contribution in [0.1, 0.15) is 22.5 Å². The molecule has 0 aliphatic rings. The van der Waals surface area contributed by atoms with Crippen molar-refractivity contribution in [2.75, 3.05) is 0 Å². The molecule has 0 saturated carbocycles. The maximum absolute atomic E-state index is 13.1. The summed E-state index contributed by atoms with van der Waals surface area (Å²) in [7, 11) is -4.34. The Balaban J connectivity index is 1.63. The van der Waals surface area contributed by atoms with Crippen molar-refractivity contribution >= 4 is 27.5 Å². The quantitative estimate of drug-likeness (QED) is 0.167. The summed E-state index contributed by atoms with van der Waals surface area (Å²) >= 11 is 1.32. The number of non-ortho nitro benzene ring substituents is 1. The first-order chi connectivity index (χ1) is 17.9. The van der Waals surface area contributed by atoms with E-state index in [0.717, 1.165) is 29.3 Å². The molecule has 0 spiro atoms. The molecule has 4 aromatic rings. The molecule has 0 atom stereocenters. The van der Waals surface area contributed by atoms with Crippen LogP contribution in [0.2, 0.25) is 0 Å². The van der Waals surface area contributed by atoms with Crippen LogP contribution in [0.25, 0.3) is 5.69 Å². The van der Waals surface area contributed by atoms with Gasteiger partial charge in [-0.1, -0.05) is 47.7 Å². The number of aryl methyl sites for hydroxylation is 1. The molecule has 1 heterocycles. The van der Waals surface area contributed by atoms with E-state index in [-0.39, 0.29) is 11.5 Å². The van der Waals surface area contributed by atoms with Gasteiger partial charge in [0.05, 0.1) is 21.9 Å². The second kappa shape index (κ2) is 10.9. The highest BCUT2D eigenvalue weighted by molar-refractivity contribution is 7.98. The van der Waals surface area contributed by atoms with Crippen molar-refractivity contribution in [2.24, 2.45) is 0 Å².